The van der Waals surface area contributed by atoms with Crippen LogP contribution in [0.4, 0.5) is 0 Å². The van der Waals surface area contributed by atoms with Gasteiger partial charge in [-0.25, -0.2) is 10.2 Å². The topological polar surface area (TPSA) is 77.0 Å². The molecule has 0 spiro atoms. The summed E-state index contributed by atoms with van der Waals surface area (Å²) in [5.41, 5.74) is 5.75. The van der Waals surface area contributed by atoms with Gasteiger partial charge in [0.1, 0.15) is 0 Å². The van der Waals surface area contributed by atoms with Gasteiger partial charge in [0.25, 0.3) is 0 Å². The smallest absolute Gasteiger partial charge is 0.343 e. The van der Waals surface area contributed by atoms with E-state index in [0.717, 1.165) is 17.5 Å². The number of rotatable bonds is 9. The van der Waals surface area contributed by atoms with Crippen molar-refractivity contribution in [2.24, 2.45) is 11.0 Å². The average Bonchev–Trinajstić information content (AvgIpc) is 3.73. The van der Waals surface area contributed by atoms with Crippen LogP contribution in [0.3, 0.4) is 0 Å². The minimum absolute atomic E-state index is 0.132. The Bertz CT molecular complexity index is 1400. The molecular weight excluding hydrogens is 476 g/mol. The number of carbonyl (C=O) groups is 2. The van der Waals surface area contributed by atoms with Gasteiger partial charge < -0.3 is 9.47 Å². The van der Waals surface area contributed by atoms with Crippen LogP contribution < -0.4 is 14.9 Å². The highest BCUT2D eigenvalue weighted by Crippen LogP contribution is 2.58. The van der Waals surface area contributed by atoms with Crippen molar-refractivity contribution in [1.82, 2.24) is 5.43 Å². The molecule has 6 heteroatoms. The number of nitrogens with one attached hydrogen (secondary N) is 1. The normalized spacial score (nSPS) is 15.6. The minimum Gasteiger partial charge on any atom is -0.490 e. The molecular formula is C32H28N2O4. The first kappa shape index (κ1) is 25.0. The van der Waals surface area contributed by atoms with Crippen LogP contribution in [0.1, 0.15) is 40.4 Å². The van der Waals surface area contributed by atoms with Crippen molar-refractivity contribution in [2.45, 2.75) is 18.8 Å². The van der Waals surface area contributed by atoms with Gasteiger partial charge in [0.05, 0.1) is 24.3 Å². The van der Waals surface area contributed by atoms with Crippen LogP contribution in [0.25, 0.3) is 0 Å². The molecule has 1 fully saturated rings. The second kappa shape index (κ2) is 11.1. The Balaban J connectivity index is 1.28. The van der Waals surface area contributed by atoms with E-state index in [-0.39, 0.29) is 17.2 Å². The fraction of sp³-hybridized carbons (Fsp3) is 0.156. The Hall–Kier alpha value is -4.71. The second-order valence-electron chi connectivity index (χ2n) is 9.09. The first-order valence-electron chi connectivity index (χ1n) is 12.6. The molecule has 0 aliphatic heterocycles. The molecule has 1 saturated carbocycles. The van der Waals surface area contributed by atoms with Crippen LogP contribution in [0, 0.1) is 5.92 Å². The number of ether oxygens (including phenoxy) is 2. The number of carbonyl (C=O) groups excluding carboxylic acids is 2. The Kier molecular flexibility index (Phi) is 7.31. The van der Waals surface area contributed by atoms with Crippen molar-refractivity contribution >= 4 is 18.1 Å². The van der Waals surface area contributed by atoms with E-state index in [2.05, 4.69) is 34.8 Å². The van der Waals surface area contributed by atoms with Crippen LogP contribution in [0.5, 0.6) is 11.5 Å². The minimum atomic E-state index is -0.468. The molecule has 1 atom stereocenters. The molecule has 1 amide bonds. The average molecular weight is 505 g/mol. The van der Waals surface area contributed by atoms with Gasteiger partial charge in [0, 0.05) is 5.41 Å². The summed E-state index contributed by atoms with van der Waals surface area (Å²) in [6, 6.07) is 34.2. The largest absolute Gasteiger partial charge is 0.490 e. The molecule has 0 aromatic heterocycles. The summed E-state index contributed by atoms with van der Waals surface area (Å²) < 4.78 is 11.2. The third kappa shape index (κ3) is 5.20. The quantitative estimate of drug-likeness (QED) is 0.136. The van der Waals surface area contributed by atoms with Crippen LogP contribution in [0.15, 0.2) is 114 Å². The van der Waals surface area contributed by atoms with E-state index in [1.54, 1.807) is 48.7 Å². The summed E-state index contributed by atoms with van der Waals surface area (Å²) in [5.74, 6) is -0.0858. The number of amides is 1. The lowest BCUT2D eigenvalue weighted by molar-refractivity contribution is -0.122. The number of nitrogens with zero attached hydrogens (tertiary/aromatic N) is 1. The molecule has 4 aromatic rings. The van der Waals surface area contributed by atoms with E-state index in [4.69, 9.17) is 9.47 Å². The zero-order chi connectivity index (χ0) is 26.4. The standard InChI is InChI=1S/C32H28N2O4/c1-2-37-29-20-23(18-19-28(29)38-31(36)24-12-6-3-7-13-24)22-33-34-30(35)27-21-32(27,25-14-8-4-9-15-25)26-16-10-5-11-17-26/h3-20,22,27H,2,21H2,1H3,(H,34,35). The monoisotopic (exact) mass is 504 g/mol. The second-order valence-corrected chi connectivity index (χ2v) is 9.09. The van der Waals surface area contributed by atoms with Crippen molar-refractivity contribution in [3.05, 3.63) is 131 Å². The van der Waals surface area contributed by atoms with Gasteiger partial charge in [-0.05, 0) is 60.4 Å². The molecule has 0 bridgehead atoms. The molecule has 0 saturated heterocycles. The van der Waals surface area contributed by atoms with E-state index in [0.29, 0.717) is 29.2 Å². The van der Waals surface area contributed by atoms with Crippen molar-refractivity contribution in [2.75, 3.05) is 6.61 Å². The lowest BCUT2D eigenvalue weighted by atomic mass is 9.85. The zero-order valence-electron chi connectivity index (χ0n) is 21.0. The fourth-order valence-corrected chi connectivity index (χ4v) is 4.79. The Morgan fingerprint density at radius 1 is 0.868 bits per heavy atom. The molecule has 1 N–H and O–H groups in total. The highest BCUT2D eigenvalue weighted by atomic mass is 16.6. The number of esters is 1. The predicted octanol–water partition coefficient (Wildman–Crippen LogP) is 5.76. The van der Waals surface area contributed by atoms with Crippen molar-refractivity contribution in [3.8, 4) is 11.5 Å². The SMILES string of the molecule is CCOc1cc(C=NNC(=O)C2CC2(c2ccccc2)c2ccccc2)ccc1OC(=O)c1ccccc1. The first-order valence-corrected chi connectivity index (χ1v) is 12.6. The van der Waals surface area contributed by atoms with Gasteiger partial charge in [-0.15, -0.1) is 0 Å². The summed E-state index contributed by atoms with van der Waals surface area (Å²) in [6.45, 7) is 2.25. The predicted molar refractivity (Wildman–Crippen MR) is 147 cm³/mol. The van der Waals surface area contributed by atoms with Gasteiger partial charge in [-0.2, -0.15) is 5.10 Å². The highest BCUT2D eigenvalue weighted by molar-refractivity contribution is 5.92. The maximum Gasteiger partial charge on any atom is 0.343 e. The third-order valence-electron chi connectivity index (χ3n) is 6.72. The molecule has 1 aliphatic carbocycles. The summed E-state index contributed by atoms with van der Waals surface area (Å²) in [4.78, 5) is 25.6. The summed E-state index contributed by atoms with van der Waals surface area (Å²) in [6.07, 6.45) is 2.27. The van der Waals surface area contributed by atoms with Gasteiger partial charge in [-0.3, -0.25) is 4.79 Å². The molecule has 0 radical (unpaired) electrons. The number of hydrazone groups is 1. The summed E-state index contributed by atoms with van der Waals surface area (Å²) in [5, 5.41) is 4.21. The first-order chi connectivity index (χ1) is 18.6. The third-order valence-corrected chi connectivity index (χ3v) is 6.72. The molecule has 1 unspecified atom stereocenters. The Morgan fingerprint density at radius 2 is 1.47 bits per heavy atom. The molecule has 190 valence electrons. The van der Waals surface area contributed by atoms with Gasteiger partial charge in [-0.1, -0.05) is 78.9 Å². The van der Waals surface area contributed by atoms with E-state index in [9.17, 15) is 9.59 Å². The van der Waals surface area contributed by atoms with Crippen molar-refractivity contribution in [3.63, 3.8) is 0 Å². The lowest BCUT2D eigenvalue weighted by Crippen LogP contribution is -2.25. The van der Waals surface area contributed by atoms with Crippen LogP contribution >= 0.6 is 0 Å². The summed E-state index contributed by atoms with van der Waals surface area (Å²) in [7, 11) is 0. The maximum atomic E-state index is 13.1. The highest BCUT2D eigenvalue weighted by Gasteiger charge is 2.60. The Labute approximate surface area is 221 Å². The summed E-state index contributed by atoms with van der Waals surface area (Å²) >= 11 is 0. The van der Waals surface area contributed by atoms with E-state index < -0.39 is 5.97 Å². The maximum absolute atomic E-state index is 13.1. The molecule has 5 rings (SSSR count). The number of benzene rings is 4. The van der Waals surface area contributed by atoms with Gasteiger partial charge in [0.15, 0.2) is 11.5 Å². The molecule has 0 heterocycles. The number of hydrogen-bond acceptors (Lipinski definition) is 5. The molecule has 4 aromatic carbocycles. The van der Waals surface area contributed by atoms with Crippen molar-refractivity contribution in [1.29, 1.82) is 0 Å². The molecule has 6 nitrogen and oxygen atoms in total. The van der Waals surface area contributed by atoms with Crippen LogP contribution in [-0.4, -0.2) is 24.7 Å². The van der Waals surface area contributed by atoms with E-state index in [1.165, 1.54) is 0 Å². The fourth-order valence-electron chi connectivity index (χ4n) is 4.79. The van der Waals surface area contributed by atoms with Crippen molar-refractivity contribution < 1.29 is 19.1 Å². The van der Waals surface area contributed by atoms with Crippen LogP contribution in [0.2, 0.25) is 0 Å². The Morgan fingerprint density at radius 3 is 2.08 bits per heavy atom. The zero-order valence-corrected chi connectivity index (χ0v) is 21.0. The number of hydrogen-bond donors (Lipinski definition) is 1. The molecule has 38 heavy (non-hydrogen) atoms. The lowest BCUT2D eigenvalue weighted by Gasteiger charge is -2.18. The van der Waals surface area contributed by atoms with E-state index >= 15 is 0 Å². The van der Waals surface area contributed by atoms with Gasteiger partial charge >= 0.3 is 5.97 Å². The molecule has 1 aliphatic rings. The van der Waals surface area contributed by atoms with Gasteiger partial charge in [0.2, 0.25) is 5.91 Å². The van der Waals surface area contributed by atoms with E-state index in [1.807, 2.05) is 49.4 Å². The van der Waals surface area contributed by atoms with Crippen LogP contribution in [-0.2, 0) is 10.2 Å².